The minimum absolute atomic E-state index is 0.0343. The topological polar surface area (TPSA) is 60.7 Å². The molecule has 0 aliphatic rings. The van der Waals surface area contributed by atoms with Crippen LogP contribution in [0.5, 0.6) is 0 Å². The van der Waals surface area contributed by atoms with Gasteiger partial charge in [0.15, 0.2) is 16.8 Å². The van der Waals surface area contributed by atoms with Gasteiger partial charge in [0.25, 0.3) is 0 Å². The summed E-state index contributed by atoms with van der Waals surface area (Å²) in [6.45, 7) is 4.33. The number of carbonyl (C=O) groups excluding carboxylic acids is 1. The minimum atomic E-state index is 0.0343. The number of rotatable bonds is 7. The molecule has 0 bridgehead atoms. The zero-order chi connectivity index (χ0) is 21.8. The lowest BCUT2D eigenvalue weighted by Crippen LogP contribution is -2.07. The summed E-state index contributed by atoms with van der Waals surface area (Å²) in [5.74, 6) is 1.32. The first-order valence-electron chi connectivity index (χ1n) is 9.92. The molecule has 0 atom stereocenters. The van der Waals surface area contributed by atoms with Crippen molar-refractivity contribution < 1.29 is 4.79 Å². The van der Waals surface area contributed by atoms with Crippen LogP contribution in [0.2, 0.25) is 0 Å². The molecule has 4 rings (SSSR count). The summed E-state index contributed by atoms with van der Waals surface area (Å²) in [6.07, 6.45) is 3.51. The van der Waals surface area contributed by atoms with Crippen LogP contribution in [0.25, 0.3) is 17.1 Å². The molecule has 0 fully saturated rings. The molecule has 0 amide bonds. The molecule has 4 aromatic rings. The highest BCUT2D eigenvalue weighted by atomic mass is 79.9. The third-order valence-electron chi connectivity index (χ3n) is 4.86. The van der Waals surface area contributed by atoms with Crippen LogP contribution in [0.4, 0.5) is 0 Å². The summed E-state index contributed by atoms with van der Waals surface area (Å²) >= 11 is 4.85. The van der Waals surface area contributed by atoms with Crippen LogP contribution in [-0.2, 0) is 0 Å². The molecule has 7 heteroatoms. The molecule has 0 N–H and O–H groups in total. The van der Waals surface area contributed by atoms with E-state index < -0.39 is 0 Å². The molecule has 31 heavy (non-hydrogen) atoms. The second-order valence-corrected chi connectivity index (χ2v) is 9.09. The fraction of sp³-hybridized carbons (Fsp3) is 0.167. The van der Waals surface area contributed by atoms with Crippen molar-refractivity contribution in [3.8, 4) is 17.1 Å². The zero-order valence-corrected chi connectivity index (χ0v) is 19.6. The van der Waals surface area contributed by atoms with Crippen molar-refractivity contribution in [2.75, 3.05) is 5.75 Å². The van der Waals surface area contributed by atoms with Crippen LogP contribution >= 0.6 is 27.7 Å². The molecule has 2 heterocycles. The first-order chi connectivity index (χ1) is 15.1. The van der Waals surface area contributed by atoms with Gasteiger partial charge in [0.1, 0.15) is 0 Å². The Labute approximate surface area is 194 Å². The quantitative estimate of drug-likeness (QED) is 0.227. The average molecular weight is 493 g/mol. The first-order valence-corrected chi connectivity index (χ1v) is 11.7. The molecule has 0 radical (unpaired) electrons. The standard InChI is InChI=1S/C24H21BrN4OS/c1-16(2)18-9-4-6-12-21(18)29-23(17-8-7-13-26-14-17)27-28-24(29)31-15-22(30)19-10-3-5-11-20(19)25/h3-14,16H,15H2,1-2H3. The molecule has 2 aromatic heterocycles. The smallest absolute Gasteiger partial charge is 0.196 e. The number of aromatic nitrogens is 4. The van der Waals surface area contributed by atoms with Gasteiger partial charge in [0.2, 0.25) is 0 Å². The van der Waals surface area contributed by atoms with Crippen molar-refractivity contribution in [1.82, 2.24) is 19.7 Å². The van der Waals surface area contributed by atoms with E-state index in [1.807, 2.05) is 53.1 Å². The summed E-state index contributed by atoms with van der Waals surface area (Å²) < 4.78 is 2.83. The van der Waals surface area contributed by atoms with Crippen molar-refractivity contribution in [2.45, 2.75) is 24.9 Å². The van der Waals surface area contributed by atoms with Gasteiger partial charge >= 0.3 is 0 Å². The number of hydrogen-bond acceptors (Lipinski definition) is 5. The molecule has 0 saturated heterocycles. The monoisotopic (exact) mass is 492 g/mol. The van der Waals surface area contributed by atoms with E-state index in [-0.39, 0.29) is 11.5 Å². The Kier molecular flexibility index (Phi) is 6.63. The number of Topliss-reactive ketones (excluding diaryl/α,β-unsaturated/α-hetero) is 1. The van der Waals surface area contributed by atoms with E-state index in [0.717, 1.165) is 15.7 Å². The van der Waals surface area contributed by atoms with Crippen molar-refractivity contribution in [3.05, 3.63) is 88.7 Å². The molecular formula is C24H21BrN4OS. The maximum atomic E-state index is 12.8. The van der Waals surface area contributed by atoms with Gasteiger partial charge in [-0.25, -0.2) is 0 Å². The molecule has 0 spiro atoms. The largest absolute Gasteiger partial charge is 0.293 e. The van der Waals surface area contributed by atoms with Crippen molar-refractivity contribution in [3.63, 3.8) is 0 Å². The Morgan fingerprint density at radius 2 is 1.81 bits per heavy atom. The van der Waals surface area contributed by atoms with Gasteiger partial charge in [-0.3, -0.25) is 14.3 Å². The lowest BCUT2D eigenvalue weighted by atomic mass is 10.0. The Morgan fingerprint density at radius 1 is 1.03 bits per heavy atom. The Balaban J connectivity index is 1.75. The van der Waals surface area contributed by atoms with Crippen LogP contribution in [0.15, 0.2) is 82.7 Å². The molecule has 2 aromatic carbocycles. The van der Waals surface area contributed by atoms with Crippen LogP contribution in [0.3, 0.4) is 0 Å². The lowest BCUT2D eigenvalue weighted by Gasteiger charge is -2.16. The molecule has 5 nitrogen and oxygen atoms in total. The van der Waals surface area contributed by atoms with Crippen LogP contribution in [0.1, 0.15) is 35.7 Å². The van der Waals surface area contributed by atoms with Crippen LogP contribution in [-0.4, -0.2) is 31.3 Å². The van der Waals surface area contributed by atoms with Crippen molar-refractivity contribution >= 4 is 33.5 Å². The maximum Gasteiger partial charge on any atom is 0.196 e. The lowest BCUT2D eigenvalue weighted by molar-refractivity contribution is 0.102. The van der Waals surface area contributed by atoms with Gasteiger partial charge in [-0.15, -0.1) is 10.2 Å². The minimum Gasteiger partial charge on any atom is -0.293 e. The van der Waals surface area contributed by atoms with Gasteiger partial charge in [-0.05, 0) is 35.7 Å². The van der Waals surface area contributed by atoms with Crippen molar-refractivity contribution in [1.29, 1.82) is 0 Å². The fourth-order valence-electron chi connectivity index (χ4n) is 3.34. The highest BCUT2D eigenvalue weighted by Gasteiger charge is 2.21. The SMILES string of the molecule is CC(C)c1ccccc1-n1c(SCC(=O)c2ccccc2Br)nnc1-c1cccnc1. The molecule has 156 valence electrons. The van der Waals surface area contributed by atoms with Crippen LogP contribution < -0.4 is 0 Å². The van der Waals surface area contributed by atoms with Gasteiger partial charge in [-0.2, -0.15) is 0 Å². The molecule has 0 aliphatic heterocycles. The first kappa shape index (κ1) is 21.5. The average Bonchev–Trinajstić information content (AvgIpc) is 3.22. The Bertz CT molecular complexity index is 1210. The van der Waals surface area contributed by atoms with Crippen molar-refractivity contribution in [2.24, 2.45) is 0 Å². The highest BCUT2D eigenvalue weighted by Crippen LogP contribution is 2.32. The van der Waals surface area contributed by atoms with E-state index in [4.69, 9.17) is 0 Å². The summed E-state index contributed by atoms with van der Waals surface area (Å²) in [5.41, 5.74) is 3.73. The van der Waals surface area contributed by atoms with Gasteiger partial charge in [0, 0.05) is 28.0 Å². The predicted octanol–water partition coefficient (Wildman–Crippen LogP) is 6.19. The zero-order valence-electron chi connectivity index (χ0n) is 17.2. The number of pyridine rings is 1. The Hall–Kier alpha value is -2.77. The van der Waals surface area contributed by atoms with E-state index in [2.05, 4.69) is 57.1 Å². The van der Waals surface area contributed by atoms with E-state index in [1.165, 1.54) is 17.3 Å². The summed E-state index contributed by atoms with van der Waals surface area (Å²) in [7, 11) is 0. The van der Waals surface area contributed by atoms with E-state index in [1.54, 1.807) is 12.4 Å². The molecule has 0 saturated carbocycles. The number of para-hydroxylation sites is 1. The number of thioether (sulfide) groups is 1. The third-order valence-corrected chi connectivity index (χ3v) is 6.48. The van der Waals surface area contributed by atoms with Gasteiger partial charge < -0.3 is 0 Å². The number of nitrogens with zero attached hydrogens (tertiary/aromatic N) is 4. The summed E-state index contributed by atoms with van der Waals surface area (Å²) in [5, 5.41) is 9.58. The molecule has 0 aliphatic carbocycles. The second-order valence-electron chi connectivity index (χ2n) is 7.29. The fourth-order valence-corrected chi connectivity index (χ4v) is 4.67. The van der Waals surface area contributed by atoms with E-state index in [9.17, 15) is 4.79 Å². The van der Waals surface area contributed by atoms with E-state index >= 15 is 0 Å². The molecule has 0 unspecified atom stereocenters. The maximum absolute atomic E-state index is 12.8. The summed E-state index contributed by atoms with van der Waals surface area (Å²) in [4.78, 5) is 17.1. The van der Waals surface area contributed by atoms with Crippen LogP contribution in [0, 0.1) is 0 Å². The van der Waals surface area contributed by atoms with Gasteiger partial charge in [0.05, 0.1) is 11.4 Å². The predicted molar refractivity (Wildman–Crippen MR) is 128 cm³/mol. The Morgan fingerprint density at radius 3 is 2.55 bits per heavy atom. The second kappa shape index (κ2) is 9.58. The normalized spacial score (nSPS) is 11.1. The number of carbonyl (C=O) groups is 1. The summed E-state index contributed by atoms with van der Waals surface area (Å²) in [6, 6.07) is 19.5. The highest BCUT2D eigenvalue weighted by molar-refractivity contribution is 9.10. The number of halogens is 1. The number of ketones is 1. The van der Waals surface area contributed by atoms with E-state index in [0.29, 0.717) is 22.5 Å². The van der Waals surface area contributed by atoms with Gasteiger partial charge in [-0.1, -0.05) is 77.9 Å². The number of hydrogen-bond donors (Lipinski definition) is 0. The third kappa shape index (κ3) is 4.62. The number of benzene rings is 2. The molecular weight excluding hydrogens is 472 g/mol.